The summed E-state index contributed by atoms with van der Waals surface area (Å²) in [5, 5.41) is 0. The summed E-state index contributed by atoms with van der Waals surface area (Å²) in [4.78, 5) is 16.9. The SMILES string of the molecule is Cc1ccc(F)c(C(=O)C2CCCc3cccnc32)c1F. The van der Waals surface area contributed by atoms with Gasteiger partial charge in [0, 0.05) is 6.20 Å². The lowest BCUT2D eigenvalue weighted by Gasteiger charge is -2.23. The molecule has 1 aliphatic carbocycles. The van der Waals surface area contributed by atoms with E-state index in [1.54, 1.807) is 6.20 Å². The number of hydrogen-bond acceptors (Lipinski definition) is 2. The molecule has 0 fully saturated rings. The number of nitrogens with zero attached hydrogens (tertiary/aromatic N) is 1. The molecule has 3 rings (SSSR count). The van der Waals surface area contributed by atoms with Crippen LogP contribution in [0.5, 0.6) is 0 Å². The zero-order chi connectivity index (χ0) is 15.0. The Hall–Kier alpha value is -2.10. The van der Waals surface area contributed by atoms with Crippen molar-refractivity contribution in [1.82, 2.24) is 4.98 Å². The number of halogens is 2. The number of ketones is 1. The Bertz CT molecular complexity index is 712. The number of aryl methyl sites for hydroxylation is 2. The van der Waals surface area contributed by atoms with Crippen LogP contribution in [0.25, 0.3) is 0 Å². The lowest BCUT2D eigenvalue weighted by molar-refractivity contribution is 0.0940. The van der Waals surface area contributed by atoms with Crippen molar-refractivity contribution < 1.29 is 13.6 Å². The van der Waals surface area contributed by atoms with Gasteiger partial charge in [0.25, 0.3) is 0 Å². The molecule has 1 aromatic heterocycles. The van der Waals surface area contributed by atoms with Gasteiger partial charge in [0.2, 0.25) is 0 Å². The van der Waals surface area contributed by atoms with Gasteiger partial charge in [-0.05, 0) is 49.4 Å². The number of pyridine rings is 1. The first kappa shape index (κ1) is 13.9. The number of fused-ring (bicyclic) bond motifs is 1. The minimum Gasteiger partial charge on any atom is -0.293 e. The van der Waals surface area contributed by atoms with Crippen LogP contribution in [0, 0.1) is 18.6 Å². The summed E-state index contributed by atoms with van der Waals surface area (Å²) >= 11 is 0. The van der Waals surface area contributed by atoms with Crippen LogP contribution in [0.15, 0.2) is 30.5 Å². The molecule has 21 heavy (non-hydrogen) atoms. The van der Waals surface area contributed by atoms with Crippen LogP contribution in [0.4, 0.5) is 8.78 Å². The fourth-order valence-corrected chi connectivity index (χ4v) is 2.92. The highest BCUT2D eigenvalue weighted by atomic mass is 19.1. The predicted octanol–water partition coefficient (Wildman–Crippen LogP) is 3.97. The minimum absolute atomic E-state index is 0.275. The molecule has 0 saturated heterocycles. The summed E-state index contributed by atoms with van der Waals surface area (Å²) in [6.07, 6.45) is 3.87. The summed E-state index contributed by atoms with van der Waals surface area (Å²) in [5.74, 6) is -2.62. The van der Waals surface area contributed by atoms with E-state index in [0.717, 1.165) is 24.5 Å². The molecule has 1 atom stereocenters. The van der Waals surface area contributed by atoms with Crippen molar-refractivity contribution in [2.75, 3.05) is 0 Å². The fourth-order valence-electron chi connectivity index (χ4n) is 2.92. The van der Waals surface area contributed by atoms with E-state index in [0.29, 0.717) is 12.1 Å². The molecule has 1 unspecified atom stereocenters. The number of Topliss-reactive ketones (excluding diaryl/α,β-unsaturated/α-hetero) is 1. The van der Waals surface area contributed by atoms with Crippen LogP contribution in [0.2, 0.25) is 0 Å². The van der Waals surface area contributed by atoms with Gasteiger partial charge in [0.1, 0.15) is 11.6 Å². The molecule has 0 N–H and O–H groups in total. The van der Waals surface area contributed by atoms with Crippen LogP contribution in [-0.4, -0.2) is 10.8 Å². The molecule has 0 bridgehead atoms. The van der Waals surface area contributed by atoms with Gasteiger partial charge in [0.15, 0.2) is 5.78 Å². The first-order valence-electron chi connectivity index (χ1n) is 7.02. The number of carbonyl (C=O) groups excluding carboxylic acids is 1. The maximum absolute atomic E-state index is 14.2. The number of benzene rings is 1. The van der Waals surface area contributed by atoms with Gasteiger partial charge >= 0.3 is 0 Å². The van der Waals surface area contributed by atoms with E-state index in [4.69, 9.17) is 0 Å². The Labute approximate surface area is 121 Å². The Morgan fingerprint density at radius 2 is 2.10 bits per heavy atom. The van der Waals surface area contributed by atoms with Gasteiger partial charge in [0.05, 0.1) is 17.2 Å². The molecular formula is C17H15F2NO. The van der Waals surface area contributed by atoms with Gasteiger partial charge in [-0.25, -0.2) is 8.78 Å². The molecule has 1 aliphatic rings. The van der Waals surface area contributed by atoms with Gasteiger partial charge in [-0.1, -0.05) is 12.1 Å². The van der Waals surface area contributed by atoms with Crippen molar-refractivity contribution in [3.05, 3.63) is 64.5 Å². The Morgan fingerprint density at radius 3 is 2.90 bits per heavy atom. The van der Waals surface area contributed by atoms with Crippen LogP contribution in [0.1, 0.15) is 45.9 Å². The molecule has 2 nitrogen and oxygen atoms in total. The van der Waals surface area contributed by atoms with E-state index < -0.39 is 28.9 Å². The molecule has 2 aromatic rings. The quantitative estimate of drug-likeness (QED) is 0.782. The third-order valence-electron chi connectivity index (χ3n) is 4.04. The molecule has 1 heterocycles. The van der Waals surface area contributed by atoms with Crippen molar-refractivity contribution in [3.8, 4) is 0 Å². The van der Waals surface area contributed by atoms with Gasteiger partial charge in [-0.3, -0.25) is 9.78 Å². The van der Waals surface area contributed by atoms with Crippen LogP contribution < -0.4 is 0 Å². The first-order valence-corrected chi connectivity index (χ1v) is 7.02. The van der Waals surface area contributed by atoms with Crippen molar-refractivity contribution in [1.29, 1.82) is 0 Å². The summed E-state index contributed by atoms with van der Waals surface area (Å²) in [6.45, 7) is 1.53. The Morgan fingerprint density at radius 1 is 1.29 bits per heavy atom. The number of hydrogen-bond donors (Lipinski definition) is 0. The predicted molar refractivity (Wildman–Crippen MR) is 75.3 cm³/mol. The maximum atomic E-state index is 14.2. The average molecular weight is 287 g/mol. The Balaban J connectivity index is 2.07. The van der Waals surface area contributed by atoms with Crippen LogP contribution in [0.3, 0.4) is 0 Å². The summed E-state index contributed by atoms with van der Waals surface area (Å²) in [6, 6.07) is 6.23. The van der Waals surface area contributed by atoms with Crippen LogP contribution in [-0.2, 0) is 6.42 Å². The van der Waals surface area contributed by atoms with Crippen molar-refractivity contribution >= 4 is 5.78 Å². The topological polar surface area (TPSA) is 30.0 Å². The Kier molecular flexibility index (Phi) is 3.53. The molecule has 1 aromatic carbocycles. The molecular weight excluding hydrogens is 272 g/mol. The largest absolute Gasteiger partial charge is 0.293 e. The summed E-state index contributed by atoms with van der Waals surface area (Å²) in [5.41, 5.74) is 1.50. The molecule has 0 aliphatic heterocycles. The highest BCUT2D eigenvalue weighted by molar-refractivity contribution is 6.01. The third kappa shape index (κ3) is 2.35. The zero-order valence-corrected chi connectivity index (χ0v) is 11.7. The number of aromatic nitrogens is 1. The molecule has 0 spiro atoms. The molecule has 108 valence electrons. The van der Waals surface area contributed by atoms with E-state index in [1.165, 1.54) is 13.0 Å². The molecule has 0 radical (unpaired) electrons. The molecule has 0 amide bonds. The lowest BCUT2D eigenvalue weighted by Crippen LogP contribution is -2.22. The van der Waals surface area contributed by atoms with E-state index >= 15 is 0 Å². The normalized spacial score (nSPS) is 17.4. The number of carbonyl (C=O) groups is 1. The summed E-state index contributed by atoms with van der Waals surface area (Å²) < 4.78 is 28.1. The second kappa shape index (κ2) is 5.35. The average Bonchev–Trinajstić information content (AvgIpc) is 2.50. The standard InChI is InChI=1S/C17H15F2NO/c1-10-7-8-13(18)14(15(10)19)17(21)12-6-2-4-11-5-3-9-20-16(11)12/h3,5,7-9,12H,2,4,6H2,1H3. The second-order valence-corrected chi connectivity index (χ2v) is 5.41. The maximum Gasteiger partial charge on any atom is 0.177 e. The van der Waals surface area contributed by atoms with E-state index in [2.05, 4.69) is 4.98 Å². The monoisotopic (exact) mass is 287 g/mol. The van der Waals surface area contributed by atoms with E-state index in [9.17, 15) is 13.6 Å². The smallest absolute Gasteiger partial charge is 0.177 e. The molecule has 4 heteroatoms. The van der Waals surface area contributed by atoms with Crippen molar-refractivity contribution in [2.45, 2.75) is 32.1 Å². The molecule has 0 saturated carbocycles. The van der Waals surface area contributed by atoms with Crippen molar-refractivity contribution in [3.63, 3.8) is 0 Å². The lowest BCUT2D eigenvalue weighted by atomic mass is 9.81. The fraction of sp³-hybridized carbons (Fsp3) is 0.294. The van der Waals surface area contributed by atoms with Crippen molar-refractivity contribution in [2.24, 2.45) is 0 Å². The van der Waals surface area contributed by atoms with Gasteiger partial charge in [-0.15, -0.1) is 0 Å². The summed E-state index contributed by atoms with van der Waals surface area (Å²) in [7, 11) is 0. The zero-order valence-electron chi connectivity index (χ0n) is 11.7. The van der Waals surface area contributed by atoms with E-state index in [1.807, 2.05) is 12.1 Å². The highest BCUT2D eigenvalue weighted by Gasteiger charge is 2.32. The van der Waals surface area contributed by atoms with E-state index in [-0.39, 0.29) is 5.56 Å². The van der Waals surface area contributed by atoms with Gasteiger partial charge < -0.3 is 0 Å². The van der Waals surface area contributed by atoms with Crippen LogP contribution >= 0.6 is 0 Å². The highest BCUT2D eigenvalue weighted by Crippen LogP contribution is 2.34. The first-order chi connectivity index (χ1) is 10.1. The van der Waals surface area contributed by atoms with Gasteiger partial charge in [-0.2, -0.15) is 0 Å². The third-order valence-corrected chi connectivity index (χ3v) is 4.04. The minimum atomic E-state index is -0.800. The number of rotatable bonds is 2. The second-order valence-electron chi connectivity index (χ2n) is 5.41.